The molecule has 4 heterocycles. The van der Waals surface area contributed by atoms with Gasteiger partial charge in [-0.25, -0.2) is 14.6 Å². The molecule has 0 saturated carbocycles. The minimum absolute atomic E-state index is 0.00692. The van der Waals surface area contributed by atoms with Gasteiger partial charge in [0.05, 0.1) is 26.2 Å². The number of carbonyl (C=O) groups excluding carboxylic acids is 3. The van der Waals surface area contributed by atoms with Gasteiger partial charge < -0.3 is 46.1 Å². The minimum Gasteiger partial charge on any atom is -0.504 e. The number of carbonyl (C=O) groups is 5. The van der Waals surface area contributed by atoms with Gasteiger partial charge in [0.25, 0.3) is 17.7 Å². The Balaban J connectivity index is 1.30. The van der Waals surface area contributed by atoms with Crippen LogP contribution >= 0.6 is 23.1 Å². The van der Waals surface area contributed by atoms with E-state index in [1.165, 1.54) is 54.1 Å². The van der Waals surface area contributed by atoms with Crippen LogP contribution in [0.1, 0.15) is 49.2 Å². The Morgan fingerprint density at radius 3 is 2.48 bits per heavy atom. The molecule has 3 aliphatic heterocycles. The summed E-state index contributed by atoms with van der Waals surface area (Å²) < 4.78 is 0.504. The molecule has 17 nitrogen and oxygen atoms in total. The van der Waals surface area contributed by atoms with Crippen LogP contribution in [0, 0.1) is 0 Å². The summed E-state index contributed by atoms with van der Waals surface area (Å²) in [5.41, 5.74) is 4.15. The van der Waals surface area contributed by atoms with Gasteiger partial charge in [-0.15, -0.1) is 23.1 Å². The number of oxime groups is 1. The average molecular weight is 733 g/mol. The number of quaternary nitrogens is 1. The fourth-order valence-corrected chi connectivity index (χ4v) is 7.92. The van der Waals surface area contributed by atoms with Gasteiger partial charge in [0, 0.05) is 22.3 Å². The molecule has 1 aromatic carbocycles. The van der Waals surface area contributed by atoms with E-state index in [4.69, 9.17) is 10.6 Å². The van der Waals surface area contributed by atoms with Gasteiger partial charge in [-0.1, -0.05) is 5.16 Å². The van der Waals surface area contributed by atoms with Crippen LogP contribution in [0.5, 0.6) is 11.5 Å². The molecule has 2 unspecified atom stereocenters. The lowest BCUT2D eigenvalue weighted by atomic mass is 10.00. The predicted octanol–water partition coefficient (Wildman–Crippen LogP) is 0.890. The number of hydrogen-bond acceptors (Lipinski definition) is 13. The number of nitrogens with one attached hydrogen (secondary N) is 2. The van der Waals surface area contributed by atoms with Crippen molar-refractivity contribution in [3.05, 3.63) is 46.1 Å². The first-order chi connectivity index (χ1) is 23.6. The second-order valence-electron chi connectivity index (χ2n) is 12.7. The van der Waals surface area contributed by atoms with Crippen molar-refractivity contribution in [2.75, 3.05) is 44.2 Å². The number of amides is 3. The van der Waals surface area contributed by atoms with E-state index in [9.17, 15) is 44.4 Å². The van der Waals surface area contributed by atoms with Gasteiger partial charge in [0.15, 0.2) is 22.3 Å². The van der Waals surface area contributed by atoms with E-state index in [1.807, 2.05) is 0 Å². The number of hydrogen-bond donors (Lipinski definition) is 7. The zero-order chi connectivity index (χ0) is 36.4. The number of benzene rings is 1. The number of piperidine rings is 1. The van der Waals surface area contributed by atoms with Crippen LogP contribution in [0.2, 0.25) is 0 Å². The quantitative estimate of drug-likeness (QED) is 0.0497. The minimum atomic E-state index is -1.79. The van der Waals surface area contributed by atoms with Crippen LogP contribution in [0.25, 0.3) is 0 Å². The van der Waals surface area contributed by atoms with Crippen molar-refractivity contribution in [3.8, 4) is 11.5 Å². The number of aromatic nitrogens is 1. The molecule has 1 aromatic heterocycles. The van der Waals surface area contributed by atoms with Crippen LogP contribution < -0.4 is 16.4 Å². The monoisotopic (exact) mass is 732 g/mol. The molecule has 0 aliphatic carbocycles. The summed E-state index contributed by atoms with van der Waals surface area (Å²) in [5.74, 6) is -5.03. The van der Waals surface area contributed by atoms with Crippen LogP contribution in [-0.2, 0) is 24.0 Å². The molecular weight excluding hydrogens is 695 g/mol. The van der Waals surface area contributed by atoms with Crippen molar-refractivity contribution >= 4 is 63.6 Å². The summed E-state index contributed by atoms with van der Waals surface area (Å²) >= 11 is 2.32. The summed E-state index contributed by atoms with van der Waals surface area (Å²) in [6.07, 6.45) is 2.83. The van der Waals surface area contributed by atoms with Crippen molar-refractivity contribution < 1.29 is 53.7 Å². The normalized spacial score (nSPS) is 20.4. The molecule has 3 aliphatic rings. The fraction of sp³-hybridized carbons (Fsp3) is 0.452. The van der Waals surface area contributed by atoms with E-state index >= 15 is 0 Å². The number of rotatable bonds is 13. The first-order valence-corrected chi connectivity index (χ1v) is 17.6. The number of aliphatic carboxylic acids is 2. The van der Waals surface area contributed by atoms with Crippen molar-refractivity contribution in [2.45, 2.75) is 50.1 Å². The van der Waals surface area contributed by atoms with Gasteiger partial charge >= 0.3 is 11.9 Å². The molecule has 50 heavy (non-hydrogen) atoms. The van der Waals surface area contributed by atoms with E-state index < -0.39 is 58.1 Å². The highest BCUT2D eigenvalue weighted by Crippen LogP contribution is 2.41. The van der Waals surface area contributed by atoms with Crippen molar-refractivity contribution in [2.24, 2.45) is 5.16 Å². The first-order valence-electron chi connectivity index (χ1n) is 15.7. The van der Waals surface area contributed by atoms with Gasteiger partial charge in [0.1, 0.15) is 29.4 Å². The Kier molecular flexibility index (Phi) is 10.6. The number of nitrogens with zero attached hydrogens (tertiary/aromatic N) is 4. The predicted molar refractivity (Wildman–Crippen MR) is 181 cm³/mol. The highest BCUT2D eigenvalue weighted by molar-refractivity contribution is 8.00. The maximum Gasteiger partial charge on any atom is 0.352 e. The fourth-order valence-electron chi connectivity index (χ4n) is 6.04. The zero-order valence-corrected chi connectivity index (χ0v) is 28.9. The Hall–Kier alpha value is -4.88. The zero-order valence-electron chi connectivity index (χ0n) is 27.2. The largest absolute Gasteiger partial charge is 0.504 e. The summed E-state index contributed by atoms with van der Waals surface area (Å²) in [4.78, 5) is 74.2. The average Bonchev–Trinajstić information content (AvgIpc) is 3.50. The number of phenolic OH excluding ortho intramolecular Hbond substituents is 2. The van der Waals surface area contributed by atoms with Gasteiger partial charge in [-0.05, 0) is 51.3 Å². The molecule has 0 radical (unpaired) electrons. The first kappa shape index (κ1) is 36.4. The molecule has 8 N–H and O–H groups in total. The number of fused-ring (bicyclic) bond motifs is 1. The maximum absolute atomic E-state index is 13.5. The van der Waals surface area contributed by atoms with Gasteiger partial charge in [0.2, 0.25) is 5.60 Å². The number of thiazole rings is 1. The lowest BCUT2D eigenvalue weighted by Gasteiger charge is -2.50. The number of carboxylic acid groups (broad SMARTS) is 2. The van der Waals surface area contributed by atoms with Gasteiger partial charge in [-0.3, -0.25) is 19.3 Å². The topological polar surface area (TPSA) is 254 Å². The summed E-state index contributed by atoms with van der Waals surface area (Å²) in [7, 11) is 0. The summed E-state index contributed by atoms with van der Waals surface area (Å²) in [6.45, 7) is 5.08. The molecule has 2 saturated heterocycles. The van der Waals surface area contributed by atoms with Crippen molar-refractivity contribution in [1.82, 2.24) is 20.5 Å². The van der Waals surface area contributed by atoms with Crippen molar-refractivity contribution in [3.63, 3.8) is 0 Å². The number of anilines is 1. The summed E-state index contributed by atoms with van der Waals surface area (Å²) in [6, 6.07) is 2.69. The molecule has 19 heteroatoms. The number of likely N-dealkylation sites (tertiary alicyclic amines) is 1. The number of phenols is 2. The molecule has 5 rings (SSSR count). The molecule has 268 valence electrons. The third-order valence-electron chi connectivity index (χ3n) is 8.80. The molecule has 2 fully saturated rings. The van der Waals surface area contributed by atoms with Crippen LogP contribution in [0.3, 0.4) is 0 Å². The standard InChI is InChI=1S/C31H37N7O10S2/c1-31(2,29(46)47)48-36-21(18-15-50-30(32)34-18)25(42)35-22-26(43)37-23(28(44)45)17(14-49-27(22)37)13-38(9-4-3-5-10-38)11-8-33-24(41)16-6-7-19(39)20(40)12-16/h6-7,12,15,22,27H,3-5,8-11,13-14H2,1-2H3,(H7-,32,33,34,35,36,39,40,41,42,44,45,46,47)/p+1. The highest BCUT2D eigenvalue weighted by atomic mass is 32.2. The van der Waals surface area contributed by atoms with E-state index in [0.29, 0.717) is 23.1 Å². The van der Waals surface area contributed by atoms with E-state index in [2.05, 4.69) is 20.8 Å². The Morgan fingerprint density at radius 2 is 1.86 bits per heavy atom. The number of thioether (sulfide) groups is 1. The van der Waals surface area contributed by atoms with E-state index in [-0.39, 0.29) is 40.1 Å². The Bertz CT molecular complexity index is 1770. The number of nitrogens with two attached hydrogens (primary N) is 1. The maximum atomic E-state index is 13.5. The van der Waals surface area contributed by atoms with Gasteiger partial charge in [-0.2, -0.15) is 0 Å². The number of carboxylic acids is 2. The SMILES string of the molecule is CC(C)(O/N=C(\C(=O)NC1C(=O)N2C(C(=O)O)=C(C[N+]3(CCNC(=O)c4ccc(O)c(O)c4)CCCCC3)CSC12)c1csc(N)n1)C(=O)O. The van der Waals surface area contributed by atoms with Crippen molar-refractivity contribution in [1.29, 1.82) is 0 Å². The van der Waals surface area contributed by atoms with E-state index in [1.54, 1.807) is 0 Å². The molecule has 0 spiro atoms. The van der Waals surface area contributed by atoms with Crippen LogP contribution in [0.15, 0.2) is 40.0 Å². The molecule has 3 amide bonds. The van der Waals surface area contributed by atoms with Crippen LogP contribution in [-0.4, -0.2) is 126 Å². The second-order valence-corrected chi connectivity index (χ2v) is 14.7. The highest BCUT2D eigenvalue weighted by Gasteiger charge is 2.55. The summed E-state index contributed by atoms with van der Waals surface area (Å²) in [5, 5.41) is 49.0. The number of nitrogen functional groups attached to an aromatic ring is 1. The third kappa shape index (κ3) is 7.63. The molecule has 2 atom stereocenters. The lowest BCUT2D eigenvalue weighted by Crippen LogP contribution is -2.71. The number of aromatic hydroxyl groups is 2. The molecular formula is C31H38N7O10S2+. The third-order valence-corrected chi connectivity index (χ3v) is 10.8. The Morgan fingerprint density at radius 1 is 1.14 bits per heavy atom. The molecule has 0 bridgehead atoms. The van der Waals surface area contributed by atoms with E-state index in [0.717, 1.165) is 43.7 Å². The number of β-lactam (4-membered cyclic amide) rings is 1. The second kappa shape index (κ2) is 14.5. The molecule has 2 aromatic rings. The van der Waals surface area contributed by atoms with Crippen LogP contribution in [0.4, 0.5) is 5.13 Å². The Labute approximate surface area is 294 Å². The lowest BCUT2D eigenvalue weighted by molar-refractivity contribution is -0.927. The smallest absolute Gasteiger partial charge is 0.352 e.